The number of nitro benzene ring substituents is 1. The Hall–Kier alpha value is -2.00. The molecule has 1 aliphatic heterocycles. The number of benzene rings is 1. The van der Waals surface area contributed by atoms with Crippen LogP contribution in [0.1, 0.15) is 20.3 Å². The number of hydrogen-bond acceptors (Lipinski definition) is 5. The van der Waals surface area contributed by atoms with Crippen molar-refractivity contribution in [1.29, 1.82) is 0 Å². The third-order valence-corrected chi connectivity index (χ3v) is 6.15. The third kappa shape index (κ3) is 3.73. The van der Waals surface area contributed by atoms with Gasteiger partial charge in [0, 0.05) is 44.2 Å². The highest BCUT2D eigenvalue weighted by Gasteiger charge is 2.31. The molecule has 1 atom stereocenters. The third-order valence-electron chi connectivity index (χ3n) is 4.25. The van der Waals surface area contributed by atoms with Gasteiger partial charge in [-0.25, -0.2) is 8.42 Å². The molecule has 2 rings (SSSR count). The second-order valence-electron chi connectivity index (χ2n) is 5.79. The van der Waals surface area contributed by atoms with Crippen LogP contribution in [-0.4, -0.2) is 54.6 Å². The van der Waals surface area contributed by atoms with Crippen LogP contribution < -0.4 is 0 Å². The van der Waals surface area contributed by atoms with Crippen LogP contribution >= 0.6 is 0 Å². The zero-order valence-corrected chi connectivity index (χ0v) is 14.5. The van der Waals surface area contributed by atoms with Gasteiger partial charge >= 0.3 is 0 Å². The maximum atomic E-state index is 12.6. The Labute approximate surface area is 141 Å². The molecular formula is C15H21N3O5S. The number of carbonyl (C=O) groups is 1. The molecule has 1 aromatic carbocycles. The van der Waals surface area contributed by atoms with E-state index in [9.17, 15) is 23.3 Å². The summed E-state index contributed by atoms with van der Waals surface area (Å²) in [5, 5.41) is 10.8. The van der Waals surface area contributed by atoms with Crippen LogP contribution in [0.15, 0.2) is 29.2 Å². The molecule has 0 aromatic heterocycles. The first kappa shape index (κ1) is 18.3. The quantitative estimate of drug-likeness (QED) is 0.588. The number of carbonyl (C=O) groups excluding carboxylic acids is 1. The fraction of sp³-hybridized carbons (Fsp3) is 0.533. The van der Waals surface area contributed by atoms with Crippen LogP contribution in [-0.2, 0) is 14.8 Å². The van der Waals surface area contributed by atoms with Crippen molar-refractivity contribution in [3.05, 3.63) is 34.4 Å². The Kier molecular flexibility index (Phi) is 5.55. The first-order chi connectivity index (χ1) is 11.3. The highest BCUT2D eigenvalue weighted by atomic mass is 32.2. The lowest BCUT2D eigenvalue weighted by Gasteiger charge is -2.35. The minimum Gasteiger partial charge on any atom is -0.340 e. The summed E-state index contributed by atoms with van der Waals surface area (Å²) in [6.45, 7) is 4.83. The molecule has 0 N–H and O–H groups in total. The van der Waals surface area contributed by atoms with E-state index in [0.717, 1.165) is 12.5 Å². The molecule has 1 aliphatic rings. The van der Waals surface area contributed by atoms with Gasteiger partial charge in [0.1, 0.15) is 0 Å². The van der Waals surface area contributed by atoms with Crippen molar-refractivity contribution in [3.8, 4) is 0 Å². The number of rotatable bonds is 5. The average Bonchev–Trinajstić information content (AvgIpc) is 2.60. The smallest absolute Gasteiger partial charge is 0.270 e. The molecule has 0 aliphatic carbocycles. The highest BCUT2D eigenvalue weighted by Crippen LogP contribution is 2.22. The fourth-order valence-electron chi connectivity index (χ4n) is 2.54. The van der Waals surface area contributed by atoms with Crippen LogP contribution in [0.2, 0.25) is 0 Å². The monoisotopic (exact) mass is 355 g/mol. The summed E-state index contributed by atoms with van der Waals surface area (Å²) in [5.74, 6) is -0.0465. The predicted octanol–water partition coefficient (Wildman–Crippen LogP) is 1.47. The zero-order valence-electron chi connectivity index (χ0n) is 13.7. The summed E-state index contributed by atoms with van der Waals surface area (Å²) < 4.78 is 26.5. The van der Waals surface area contributed by atoms with Crippen molar-refractivity contribution in [2.75, 3.05) is 26.2 Å². The van der Waals surface area contributed by atoms with E-state index in [1.165, 1.54) is 22.5 Å². The SMILES string of the molecule is CCC(C)C(=O)N1CCN(S(=O)(=O)c2cccc([N+](=O)[O-])c2)CC1. The average molecular weight is 355 g/mol. The summed E-state index contributed by atoms with van der Waals surface area (Å²) in [4.78, 5) is 23.9. The van der Waals surface area contributed by atoms with Gasteiger partial charge in [-0.15, -0.1) is 0 Å². The van der Waals surface area contributed by atoms with Crippen LogP contribution in [0, 0.1) is 16.0 Å². The van der Waals surface area contributed by atoms with E-state index in [0.29, 0.717) is 13.1 Å². The number of sulfonamides is 1. The van der Waals surface area contributed by atoms with Crippen molar-refractivity contribution in [3.63, 3.8) is 0 Å². The van der Waals surface area contributed by atoms with Crippen LogP contribution in [0.4, 0.5) is 5.69 Å². The van der Waals surface area contributed by atoms with E-state index < -0.39 is 14.9 Å². The first-order valence-electron chi connectivity index (χ1n) is 7.80. The topological polar surface area (TPSA) is 101 Å². The number of nitrogens with zero attached hydrogens (tertiary/aromatic N) is 3. The van der Waals surface area contributed by atoms with Crippen LogP contribution in [0.3, 0.4) is 0 Å². The molecule has 9 heteroatoms. The van der Waals surface area contributed by atoms with Gasteiger partial charge in [-0.05, 0) is 12.5 Å². The molecule has 0 spiro atoms. The van der Waals surface area contributed by atoms with Gasteiger partial charge in [-0.3, -0.25) is 14.9 Å². The van der Waals surface area contributed by atoms with Crippen molar-refractivity contribution in [2.45, 2.75) is 25.2 Å². The largest absolute Gasteiger partial charge is 0.340 e. The van der Waals surface area contributed by atoms with E-state index in [1.807, 2.05) is 13.8 Å². The summed E-state index contributed by atoms with van der Waals surface area (Å²) >= 11 is 0. The summed E-state index contributed by atoms with van der Waals surface area (Å²) in [5.41, 5.74) is -0.262. The Morgan fingerprint density at radius 2 is 1.92 bits per heavy atom. The molecule has 0 saturated carbocycles. The van der Waals surface area contributed by atoms with Gasteiger partial charge in [-0.2, -0.15) is 4.31 Å². The number of amides is 1. The lowest BCUT2D eigenvalue weighted by atomic mass is 10.1. The maximum Gasteiger partial charge on any atom is 0.270 e. The molecule has 24 heavy (non-hydrogen) atoms. The molecule has 1 unspecified atom stereocenters. The van der Waals surface area contributed by atoms with Gasteiger partial charge in [0.05, 0.1) is 9.82 Å². The van der Waals surface area contributed by atoms with Gasteiger partial charge in [0.25, 0.3) is 5.69 Å². The van der Waals surface area contributed by atoms with E-state index in [2.05, 4.69) is 0 Å². The standard InChI is InChI=1S/C15H21N3O5S/c1-3-12(2)15(19)16-7-9-17(10-8-16)24(22,23)14-6-4-5-13(11-14)18(20)21/h4-6,11-12H,3,7-10H2,1-2H3. The van der Waals surface area contributed by atoms with E-state index in [4.69, 9.17) is 0 Å². The normalized spacial score (nSPS) is 17.5. The van der Waals surface area contributed by atoms with Crippen molar-refractivity contribution < 1.29 is 18.1 Å². The molecule has 0 radical (unpaired) electrons. The Morgan fingerprint density at radius 3 is 2.46 bits per heavy atom. The molecular weight excluding hydrogens is 334 g/mol. The molecule has 1 amide bonds. The molecule has 0 bridgehead atoms. The number of hydrogen-bond donors (Lipinski definition) is 0. The van der Waals surface area contributed by atoms with Crippen LogP contribution in [0.5, 0.6) is 0 Å². The summed E-state index contributed by atoms with van der Waals surface area (Å²) in [6.07, 6.45) is 0.741. The van der Waals surface area contributed by atoms with E-state index >= 15 is 0 Å². The minimum atomic E-state index is -3.80. The maximum absolute atomic E-state index is 12.6. The Bertz CT molecular complexity index is 726. The van der Waals surface area contributed by atoms with E-state index in [1.54, 1.807) is 4.90 Å². The summed E-state index contributed by atoms with van der Waals surface area (Å²) in [6, 6.07) is 5.01. The molecule has 1 fully saturated rings. The highest BCUT2D eigenvalue weighted by molar-refractivity contribution is 7.89. The predicted molar refractivity (Wildman–Crippen MR) is 87.9 cm³/mol. The summed E-state index contributed by atoms with van der Waals surface area (Å²) in [7, 11) is -3.80. The number of nitro groups is 1. The second-order valence-corrected chi connectivity index (χ2v) is 7.73. The zero-order chi connectivity index (χ0) is 17.9. The second kappa shape index (κ2) is 7.27. The van der Waals surface area contributed by atoms with Crippen LogP contribution in [0.25, 0.3) is 0 Å². The molecule has 8 nitrogen and oxygen atoms in total. The van der Waals surface area contributed by atoms with Gasteiger partial charge in [-0.1, -0.05) is 19.9 Å². The Balaban J connectivity index is 2.12. The van der Waals surface area contributed by atoms with Crippen molar-refractivity contribution in [1.82, 2.24) is 9.21 Å². The molecule has 1 saturated heterocycles. The van der Waals surface area contributed by atoms with Gasteiger partial charge in [0.2, 0.25) is 15.9 Å². The number of non-ortho nitro benzene ring substituents is 1. The Morgan fingerprint density at radius 1 is 1.29 bits per heavy atom. The van der Waals surface area contributed by atoms with Gasteiger partial charge < -0.3 is 4.90 Å². The van der Waals surface area contributed by atoms with Crippen molar-refractivity contribution in [2.24, 2.45) is 5.92 Å². The minimum absolute atomic E-state index is 0.0323. The van der Waals surface area contributed by atoms with Crippen molar-refractivity contribution >= 4 is 21.6 Å². The number of piperazine rings is 1. The first-order valence-corrected chi connectivity index (χ1v) is 9.24. The van der Waals surface area contributed by atoms with E-state index in [-0.39, 0.29) is 35.5 Å². The van der Waals surface area contributed by atoms with Gasteiger partial charge in [0.15, 0.2) is 0 Å². The molecule has 1 heterocycles. The lowest BCUT2D eigenvalue weighted by molar-refractivity contribution is -0.385. The molecule has 132 valence electrons. The molecule has 1 aromatic rings. The fourth-order valence-corrected chi connectivity index (χ4v) is 4.00. The lowest BCUT2D eigenvalue weighted by Crippen LogP contribution is -2.51.